The smallest absolute Gasteiger partial charge is 0.387 e. The van der Waals surface area contributed by atoms with Crippen LogP contribution in [0.3, 0.4) is 0 Å². The fourth-order valence-corrected chi connectivity index (χ4v) is 0.599. The van der Waals surface area contributed by atoms with Gasteiger partial charge in [0.1, 0.15) is 6.54 Å². The molecule has 0 aromatic rings. The Labute approximate surface area is 84.7 Å². The number of urea groups is 1. The Hall–Kier alpha value is -1.47. The summed E-state index contributed by atoms with van der Waals surface area (Å²) < 4.78 is 34.9. The summed E-state index contributed by atoms with van der Waals surface area (Å²) in [6.07, 6.45) is -4.43. The van der Waals surface area contributed by atoms with Gasteiger partial charge < -0.3 is 16.4 Å². The third-order valence-corrected chi connectivity index (χ3v) is 1.55. The van der Waals surface area contributed by atoms with Crippen LogP contribution < -0.4 is 16.4 Å². The zero-order chi connectivity index (χ0) is 12.1. The van der Waals surface area contributed by atoms with E-state index in [-0.39, 0.29) is 12.4 Å². The molecule has 0 aliphatic heterocycles. The van der Waals surface area contributed by atoms with Crippen molar-refractivity contribution in [1.29, 1.82) is 5.41 Å². The van der Waals surface area contributed by atoms with Crippen LogP contribution in [0.1, 0.15) is 6.92 Å². The minimum absolute atomic E-state index is 0.0268. The SMILES string of the molecule is CC(CNC(=O)NCC(F)(F)F)C(=N)N. The van der Waals surface area contributed by atoms with Gasteiger partial charge in [0.15, 0.2) is 0 Å². The van der Waals surface area contributed by atoms with Gasteiger partial charge in [0, 0.05) is 12.5 Å². The number of hydrogen-bond donors (Lipinski definition) is 4. The predicted molar refractivity (Wildman–Crippen MR) is 48.5 cm³/mol. The Kier molecular flexibility index (Phi) is 4.89. The van der Waals surface area contributed by atoms with Crippen molar-refractivity contribution >= 4 is 11.9 Å². The first-order valence-electron chi connectivity index (χ1n) is 4.14. The Morgan fingerprint density at radius 1 is 1.47 bits per heavy atom. The number of nitrogens with one attached hydrogen (secondary N) is 3. The number of amidine groups is 1. The fraction of sp³-hybridized carbons (Fsp3) is 0.714. The molecule has 0 spiro atoms. The van der Waals surface area contributed by atoms with Crippen molar-refractivity contribution in [2.75, 3.05) is 13.1 Å². The summed E-state index contributed by atoms with van der Waals surface area (Å²) in [4.78, 5) is 10.8. The maximum absolute atomic E-state index is 11.6. The number of carbonyl (C=O) groups is 1. The third-order valence-electron chi connectivity index (χ3n) is 1.55. The molecule has 0 fully saturated rings. The maximum atomic E-state index is 11.6. The molecule has 8 heteroatoms. The van der Waals surface area contributed by atoms with Gasteiger partial charge in [0.25, 0.3) is 0 Å². The van der Waals surface area contributed by atoms with E-state index < -0.39 is 24.7 Å². The molecule has 5 N–H and O–H groups in total. The van der Waals surface area contributed by atoms with E-state index in [0.717, 1.165) is 0 Å². The van der Waals surface area contributed by atoms with E-state index in [4.69, 9.17) is 11.1 Å². The average molecular weight is 226 g/mol. The van der Waals surface area contributed by atoms with Crippen molar-refractivity contribution in [3.05, 3.63) is 0 Å². The summed E-state index contributed by atoms with van der Waals surface area (Å²) in [5.74, 6) is -0.534. The number of halogens is 3. The number of hydrogen-bond acceptors (Lipinski definition) is 2. The van der Waals surface area contributed by atoms with Crippen molar-refractivity contribution in [2.45, 2.75) is 13.1 Å². The molecule has 0 bridgehead atoms. The molecule has 0 saturated carbocycles. The Balaban J connectivity index is 3.72. The van der Waals surface area contributed by atoms with Gasteiger partial charge in [-0.2, -0.15) is 13.2 Å². The van der Waals surface area contributed by atoms with Crippen LogP contribution in [-0.2, 0) is 0 Å². The van der Waals surface area contributed by atoms with Crippen LogP contribution in [0.25, 0.3) is 0 Å². The molecular weight excluding hydrogens is 213 g/mol. The zero-order valence-electron chi connectivity index (χ0n) is 8.11. The highest BCUT2D eigenvalue weighted by atomic mass is 19.4. The van der Waals surface area contributed by atoms with Crippen LogP contribution >= 0.6 is 0 Å². The molecule has 0 aliphatic carbocycles. The standard InChI is InChI=1S/C7H13F3N4O/c1-4(5(11)12)2-13-6(15)14-3-7(8,9)10/h4H,2-3H2,1H3,(H3,11,12)(H2,13,14,15). The fourth-order valence-electron chi connectivity index (χ4n) is 0.599. The van der Waals surface area contributed by atoms with Gasteiger partial charge in [0.05, 0.1) is 5.84 Å². The van der Waals surface area contributed by atoms with Crippen LogP contribution in [0, 0.1) is 11.3 Å². The normalized spacial score (nSPS) is 13.1. The summed E-state index contributed by atoms with van der Waals surface area (Å²) in [6.45, 7) is 0.221. The molecule has 0 aliphatic rings. The molecule has 0 aromatic carbocycles. The molecular formula is C7H13F3N4O. The van der Waals surface area contributed by atoms with Gasteiger partial charge in [-0.05, 0) is 0 Å². The number of rotatable bonds is 4. The van der Waals surface area contributed by atoms with Crippen LogP contribution in [0.2, 0.25) is 0 Å². The van der Waals surface area contributed by atoms with Crippen molar-refractivity contribution in [3.63, 3.8) is 0 Å². The highest BCUT2D eigenvalue weighted by molar-refractivity contribution is 5.80. The maximum Gasteiger partial charge on any atom is 0.405 e. The minimum atomic E-state index is -4.43. The van der Waals surface area contributed by atoms with Crippen molar-refractivity contribution in [2.24, 2.45) is 11.7 Å². The molecule has 5 nitrogen and oxygen atoms in total. The van der Waals surface area contributed by atoms with Crippen LogP contribution in [-0.4, -0.2) is 31.1 Å². The first kappa shape index (κ1) is 13.5. The largest absolute Gasteiger partial charge is 0.405 e. The molecule has 88 valence electrons. The van der Waals surface area contributed by atoms with Crippen molar-refractivity contribution in [1.82, 2.24) is 10.6 Å². The quantitative estimate of drug-likeness (QED) is 0.413. The molecule has 0 rings (SSSR count). The molecule has 1 atom stereocenters. The Morgan fingerprint density at radius 2 is 2.00 bits per heavy atom. The number of alkyl halides is 3. The first-order valence-corrected chi connectivity index (χ1v) is 4.14. The zero-order valence-corrected chi connectivity index (χ0v) is 8.11. The minimum Gasteiger partial charge on any atom is -0.387 e. The Morgan fingerprint density at radius 3 is 2.40 bits per heavy atom. The van der Waals surface area contributed by atoms with Crippen molar-refractivity contribution < 1.29 is 18.0 Å². The van der Waals surface area contributed by atoms with E-state index in [1.807, 2.05) is 0 Å². The highest BCUT2D eigenvalue weighted by Crippen LogP contribution is 2.11. The molecule has 2 amide bonds. The van der Waals surface area contributed by atoms with Crippen LogP contribution in [0.4, 0.5) is 18.0 Å². The molecule has 1 unspecified atom stereocenters. The van der Waals surface area contributed by atoms with Crippen LogP contribution in [0.5, 0.6) is 0 Å². The number of nitrogens with two attached hydrogens (primary N) is 1. The van der Waals surface area contributed by atoms with E-state index in [0.29, 0.717) is 0 Å². The second kappa shape index (κ2) is 5.42. The molecule has 0 heterocycles. The lowest BCUT2D eigenvalue weighted by Gasteiger charge is -2.12. The van der Waals surface area contributed by atoms with Gasteiger partial charge in [-0.3, -0.25) is 5.41 Å². The summed E-state index contributed by atoms with van der Waals surface area (Å²) in [7, 11) is 0. The summed E-state index contributed by atoms with van der Waals surface area (Å²) in [6, 6.07) is -0.930. The van der Waals surface area contributed by atoms with Crippen LogP contribution in [0.15, 0.2) is 0 Å². The van der Waals surface area contributed by atoms with E-state index >= 15 is 0 Å². The first-order chi connectivity index (χ1) is 6.72. The van der Waals surface area contributed by atoms with E-state index in [9.17, 15) is 18.0 Å². The molecule has 0 aromatic heterocycles. The topological polar surface area (TPSA) is 91.0 Å². The number of amides is 2. The lowest BCUT2D eigenvalue weighted by Crippen LogP contribution is -2.43. The van der Waals surface area contributed by atoms with E-state index in [2.05, 4.69) is 5.32 Å². The monoisotopic (exact) mass is 226 g/mol. The van der Waals surface area contributed by atoms with E-state index in [1.165, 1.54) is 0 Å². The lowest BCUT2D eigenvalue weighted by atomic mass is 10.1. The second-order valence-electron chi connectivity index (χ2n) is 3.04. The predicted octanol–water partition coefficient (Wildman–Crippen LogP) is 0.420. The summed E-state index contributed by atoms with van der Waals surface area (Å²) >= 11 is 0. The van der Waals surface area contributed by atoms with Gasteiger partial charge in [-0.1, -0.05) is 6.92 Å². The van der Waals surface area contributed by atoms with E-state index in [1.54, 1.807) is 12.2 Å². The lowest BCUT2D eigenvalue weighted by molar-refractivity contribution is -0.122. The second-order valence-corrected chi connectivity index (χ2v) is 3.04. The highest BCUT2D eigenvalue weighted by Gasteiger charge is 2.27. The Bertz CT molecular complexity index is 241. The number of carbonyl (C=O) groups excluding carboxylic acids is 1. The summed E-state index contributed by atoms with van der Waals surface area (Å²) in [5.41, 5.74) is 5.10. The molecule has 15 heavy (non-hydrogen) atoms. The third kappa shape index (κ3) is 7.59. The summed E-state index contributed by atoms with van der Waals surface area (Å²) in [5, 5.41) is 10.8. The molecule has 0 radical (unpaired) electrons. The van der Waals surface area contributed by atoms with Crippen molar-refractivity contribution in [3.8, 4) is 0 Å². The van der Waals surface area contributed by atoms with Gasteiger partial charge in [-0.25, -0.2) is 4.79 Å². The van der Waals surface area contributed by atoms with Gasteiger partial charge in [-0.15, -0.1) is 0 Å². The van der Waals surface area contributed by atoms with Gasteiger partial charge in [0.2, 0.25) is 0 Å². The average Bonchev–Trinajstić information content (AvgIpc) is 2.09. The van der Waals surface area contributed by atoms with Gasteiger partial charge >= 0.3 is 12.2 Å². The molecule has 0 saturated heterocycles.